The smallest absolute Gasteiger partial charge is 0.308 e. The number of pyridine rings is 1. The molecule has 0 bridgehead atoms. The molecule has 17 heteroatoms. The highest BCUT2D eigenvalue weighted by atomic mass is 16.7. The average molecular weight is 1010 g/mol. The number of ether oxygens (including phenoxy) is 4. The summed E-state index contributed by atoms with van der Waals surface area (Å²) in [5, 5.41) is 55.6. The molecule has 398 valence electrons. The number of para-hydroxylation sites is 1. The van der Waals surface area contributed by atoms with E-state index in [0.29, 0.717) is 58.3 Å². The Morgan fingerprint density at radius 2 is 1.67 bits per heavy atom. The van der Waals surface area contributed by atoms with Crippen LogP contribution in [-0.2, 0) is 36.9 Å². The van der Waals surface area contributed by atoms with E-state index < -0.39 is 72.7 Å². The number of benzene rings is 2. The van der Waals surface area contributed by atoms with Crippen molar-refractivity contribution in [1.29, 1.82) is 0 Å². The van der Waals surface area contributed by atoms with Crippen molar-refractivity contribution in [2.45, 2.75) is 141 Å². The van der Waals surface area contributed by atoms with Crippen molar-refractivity contribution in [3.63, 3.8) is 0 Å². The van der Waals surface area contributed by atoms with Crippen LogP contribution in [0, 0.1) is 23.7 Å². The van der Waals surface area contributed by atoms with Gasteiger partial charge in [-0.15, -0.1) is 5.10 Å². The minimum atomic E-state index is -1.29. The van der Waals surface area contributed by atoms with E-state index in [-0.39, 0.29) is 24.2 Å². The molecule has 0 spiro atoms. The van der Waals surface area contributed by atoms with Crippen molar-refractivity contribution in [2.24, 2.45) is 23.7 Å². The van der Waals surface area contributed by atoms with Crippen LogP contribution in [0.3, 0.4) is 0 Å². The zero-order chi connectivity index (χ0) is 52.3. The second-order valence-corrected chi connectivity index (χ2v) is 20.9. The van der Waals surface area contributed by atoms with Gasteiger partial charge in [0, 0.05) is 55.9 Å². The second kappa shape index (κ2) is 26.0. The minimum Gasteiger partial charge on any atom is -0.497 e. The molecule has 4 N–H and O–H groups in total. The van der Waals surface area contributed by atoms with Crippen LogP contribution in [0.5, 0.6) is 5.75 Å². The Kier molecular flexibility index (Phi) is 19.9. The third kappa shape index (κ3) is 14.9. The van der Waals surface area contributed by atoms with E-state index in [4.69, 9.17) is 18.9 Å². The van der Waals surface area contributed by atoms with Gasteiger partial charge >= 0.3 is 5.97 Å². The first kappa shape index (κ1) is 55.8. The molecule has 2 fully saturated rings. The lowest BCUT2D eigenvalue weighted by Crippen LogP contribution is -2.63. The molecule has 0 saturated carbocycles. The number of esters is 1. The number of hydrogen-bond donors (Lipinski definition) is 4. The van der Waals surface area contributed by atoms with Crippen LogP contribution in [0.2, 0.25) is 0 Å². The molecule has 3 aliphatic heterocycles. The summed E-state index contributed by atoms with van der Waals surface area (Å²) in [4.78, 5) is 39.3. The highest BCUT2D eigenvalue weighted by Gasteiger charge is 2.47. The number of nitrogens with zero attached hydrogens (tertiary/aromatic N) is 7. The fraction of sp³-hybridized carbons (Fsp3) is 0.589. The second-order valence-electron chi connectivity index (χ2n) is 20.9. The van der Waals surface area contributed by atoms with Crippen LogP contribution in [0.15, 0.2) is 90.8 Å². The molecule has 0 aliphatic carbocycles. The van der Waals surface area contributed by atoms with Gasteiger partial charge in [0.1, 0.15) is 18.0 Å². The van der Waals surface area contributed by atoms with Crippen molar-refractivity contribution in [3.05, 3.63) is 102 Å². The van der Waals surface area contributed by atoms with Crippen molar-refractivity contribution in [1.82, 2.24) is 34.7 Å². The van der Waals surface area contributed by atoms with Crippen molar-refractivity contribution < 1.29 is 49.0 Å². The Hall–Kier alpha value is -4.95. The summed E-state index contributed by atoms with van der Waals surface area (Å²) in [6.45, 7) is 12.8. The third-order valence-electron chi connectivity index (χ3n) is 15.1. The predicted octanol–water partition coefficient (Wildman–Crippen LogP) is 5.51. The maximum Gasteiger partial charge on any atom is 0.308 e. The number of carbonyl (C=O) groups excluding carboxylic acids is 2. The van der Waals surface area contributed by atoms with Crippen molar-refractivity contribution >= 4 is 22.7 Å². The monoisotopic (exact) mass is 1010 g/mol. The molecule has 0 unspecified atom stereocenters. The highest BCUT2D eigenvalue weighted by molar-refractivity contribution is 5.91. The van der Waals surface area contributed by atoms with E-state index >= 15 is 0 Å². The molecular formula is C56H79N7O10. The predicted molar refractivity (Wildman–Crippen MR) is 277 cm³/mol. The van der Waals surface area contributed by atoms with Gasteiger partial charge in [0.25, 0.3) is 0 Å². The summed E-state index contributed by atoms with van der Waals surface area (Å²) in [7, 11) is 5.18. The summed E-state index contributed by atoms with van der Waals surface area (Å²) in [5.74, 6) is -1.78. The Labute approximate surface area is 430 Å². The number of fused-ring (bicyclic) bond motifs is 1. The van der Waals surface area contributed by atoms with E-state index in [2.05, 4.69) is 31.2 Å². The number of aromatic nitrogens is 4. The summed E-state index contributed by atoms with van der Waals surface area (Å²) >= 11 is 0. The number of carbonyl (C=O) groups is 2. The lowest BCUT2D eigenvalue weighted by molar-refractivity contribution is -0.304. The van der Waals surface area contributed by atoms with E-state index in [1.807, 2.05) is 94.6 Å². The summed E-state index contributed by atoms with van der Waals surface area (Å²) in [6, 6.07) is 17.1. The van der Waals surface area contributed by atoms with Gasteiger partial charge in [-0.2, -0.15) is 0 Å². The molecular weight excluding hydrogens is 931 g/mol. The number of rotatable bonds is 15. The topological polar surface area (TPSA) is 205 Å². The van der Waals surface area contributed by atoms with Gasteiger partial charge in [0.2, 0.25) is 0 Å². The normalized spacial score (nSPS) is 30.8. The van der Waals surface area contributed by atoms with Crippen LogP contribution in [0.25, 0.3) is 16.6 Å². The van der Waals surface area contributed by atoms with Crippen LogP contribution < -0.4 is 4.74 Å². The lowest BCUT2D eigenvalue weighted by atomic mass is 9.79. The quantitative estimate of drug-likeness (QED) is 0.108. The molecule has 7 rings (SSSR count). The standard InChI is InChI=1S/C56H79N7O10/c1-9-50-42(32-61-24-21-45(64)22-25-61)26-35(2)14-19-48(65)36(3)27-41(55(37(4)49(66)29-51(67)72-50)73-56-54(69)52(60(6)7)53(68)38(5)71-56)20-23-62(31-39-15-17-46(70-8)18-16-39)33-43-34-63(59-58-43)44-28-40-12-10-11-13-47(40)57-30-44/h10-19,26,28,30,34,36-38,41-42,45,49-50,52-56,64,66,68-69H,9,20-25,27,29,31-33H2,1-8H3/b19-14+,35-26+/t36-,37+,38-,41+,42-,49-,50-,52+,53-,54-,55-,56+/m1/s1. The van der Waals surface area contributed by atoms with E-state index in [1.165, 1.54) is 0 Å². The molecule has 2 aromatic heterocycles. The van der Waals surface area contributed by atoms with Crippen LogP contribution in [0.4, 0.5) is 0 Å². The van der Waals surface area contributed by atoms with E-state index in [1.54, 1.807) is 50.0 Å². The molecule has 12 atom stereocenters. The van der Waals surface area contributed by atoms with Crippen LogP contribution >= 0.6 is 0 Å². The number of cyclic esters (lactones) is 1. The average Bonchev–Trinajstić information content (AvgIpc) is 3.85. The van der Waals surface area contributed by atoms with Crippen molar-refractivity contribution in [2.75, 3.05) is 47.4 Å². The van der Waals surface area contributed by atoms with Gasteiger partial charge in [0.05, 0.1) is 79.4 Å². The molecule has 2 aromatic carbocycles. The zero-order valence-corrected chi connectivity index (χ0v) is 43.9. The molecule has 5 heterocycles. The number of piperidine rings is 1. The number of ketones is 1. The number of aliphatic hydroxyl groups excluding tert-OH is 4. The Morgan fingerprint density at radius 1 is 0.932 bits per heavy atom. The Balaban J connectivity index is 1.23. The van der Waals surface area contributed by atoms with Gasteiger partial charge < -0.3 is 49.2 Å². The van der Waals surface area contributed by atoms with Gasteiger partial charge in [0.15, 0.2) is 12.1 Å². The first-order chi connectivity index (χ1) is 35.0. The number of likely N-dealkylation sites (tertiary alicyclic amines) is 1. The highest BCUT2D eigenvalue weighted by Crippen LogP contribution is 2.35. The third-order valence-corrected chi connectivity index (χ3v) is 15.1. The molecule has 2 saturated heterocycles. The molecule has 73 heavy (non-hydrogen) atoms. The maximum atomic E-state index is 14.3. The first-order valence-corrected chi connectivity index (χ1v) is 26.1. The summed E-state index contributed by atoms with van der Waals surface area (Å²) in [6.07, 6.45) is 4.31. The Bertz CT molecular complexity index is 2460. The number of methoxy groups -OCH3 is 1. The number of likely N-dealkylation sites (N-methyl/N-ethyl adjacent to an activating group) is 1. The van der Waals surface area contributed by atoms with Crippen LogP contribution in [-0.4, -0.2) is 169 Å². The number of aliphatic hydroxyl groups is 4. The van der Waals surface area contributed by atoms with Gasteiger partial charge in [-0.3, -0.25) is 19.5 Å². The summed E-state index contributed by atoms with van der Waals surface area (Å²) < 4.78 is 26.7. The molecule has 3 aliphatic rings. The molecule has 0 amide bonds. The SMILES string of the molecule is CC[C@H]1OC(=O)C[C@@H](O)[C@H](C)[C@@H](O[C@@H]2O[C@H](C)[C@@H](O)[C@H](N(C)C)[C@H]2O)[C@@H](CCN(Cc2ccc(OC)cc2)Cc2cn(-c3cnc4ccccc4c3)nn2)C[C@@H](C)C(=O)/C=C/C(C)=C/[C@@H]1CN1CCC(O)CC1. The Morgan fingerprint density at radius 3 is 2.38 bits per heavy atom. The van der Waals surface area contributed by atoms with E-state index in [0.717, 1.165) is 52.3 Å². The lowest BCUT2D eigenvalue weighted by Gasteiger charge is -2.46. The largest absolute Gasteiger partial charge is 0.497 e. The van der Waals surface area contributed by atoms with Gasteiger partial charge in [-0.05, 0) is 108 Å². The molecule has 4 aromatic rings. The molecule has 17 nitrogen and oxygen atoms in total. The maximum absolute atomic E-state index is 14.3. The zero-order valence-electron chi connectivity index (χ0n) is 43.9. The van der Waals surface area contributed by atoms with Gasteiger partial charge in [-0.1, -0.05) is 74.0 Å². The molecule has 0 radical (unpaired) electrons. The number of allylic oxidation sites excluding steroid dienone is 3. The fourth-order valence-corrected chi connectivity index (χ4v) is 10.7. The van der Waals surface area contributed by atoms with E-state index in [9.17, 15) is 30.0 Å². The first-order valence-electron chi connectivity index (χ1n) is 26.1. The van der Waals surface area contributed by atoms with Crippen LogP contribution in [0.1, 0.15) is 84.4 Å². The fourth-order valence-electron chi connectivity index (χ4n) is 10.7. The van der Waals surface area contributed by atoms with Gasteiger partial charge in [-0.25, -0.2) is 4.68 Å². The minimum absolute atomic E-state index is 0.0786. The summed E-state index contributed by atoms with van der Waals surface area (Å²) in [5.41, 5.74) is 4.25. The number of hydrogen-bond acceptors (Lipinski definition) is 16. The van der Waals surface area contributed by atoms with Crippen molar-refractivity contribution in [3.8, 4) is 11.4 Å².